The van der Waals surface area contributed by atoms with Crippen molar-refractivity contribution in [2.75, 3.05) is 0 Å². The van der Waals surface area contributed by atoms with Gasteiger partial charge in [-0.3, -0.25) is 0 Å². The average Bonchev–Trinajstić information content (AvgIpc) is 1.84. The van der Waals surface area contributed by atoms with Gasteiger partial charge in [-0.15, -0.1) is 0 Å². The molecule has 4 nitrogen and oxygen atoms in total. The molecule has 0 unspecified atom stereocenters. The van der Waals surface area contributed by atoms with Crippen molar-refractivity contribution in [1.82, 2.24) is 0 Å². The predicted molar refractivity (Wildman–Crippen MR) is 42.5 cm³/mol. The highest BCUT2D eigenvalue weighted by Gasteiger charge is 2.12. The van der Waals surface area contributed by atoms with Crippen LogP contribution in [0.25, 0.3) is 0 Å². The SMILES string of the molecule is C=C(C)C(=O)OC(=O)OC(C)C. The molecule has 0 heterocycles. The lowest BCUT2D eigenvalue weighted by atomic mass is 10.4. The quantitative estimate of drug-likeness (QED) is 0.361. The number of esters is 1. The molecule has 0 rings (SSSR count). The van der Waals surface area contributed by atoms with E-state index in [1.54, 1.807) is 13.8 Å². The summed E-state index contributed by atoms with van der Waals surface area (Å²) in [6.45, 7) is 8.07. The van der Waals surface area contributed by atoms with Gasteiger partial charge in [-0.2, -0.15) is 0 Å². The molecule has 4 heteroatoms. The van der Waals surface area contributed by atoms with Crippen LogP contribution in [0.1, 0.15) is 20.8 Å². The third kappa shape index (κ3) is 4.49. The zero-order chi connectivity index (χ0) is 9.72. The fourth-order valence-electron chi connectivity index (χ4n) is 0.379. The van der Waals surface area contributed by atoms with Gasteiger partial charge < -0.3 is 9.47 Å². The second-order valence-electron chi connectivity index (χ2n) is 2.59. The van der Waals surface area contributed by atoms with Gasteiger partial charge in [-0.05, 0) is 20.8 Å². The van der Waals surface area contributed by atoms with E-state index < -0.39 is 12.1 Å². The minimum atomic E-state index is -0.988. The highest BCUT2D eigenvalue weighted by molar-refractivity contribution is 5.93. The van der Waals surface area contributed by atoms with Crippen LogP contribution < -0.4 is 0 Å². The topological polar surface area (TPSA) is 52.6 Å². The van der Waals surface area contributed by atoms with Crippen molar-refractivity contribution in [3.8, 4) is 0 Å². The molecular formula is C8H12O4. The largest absolute Gasteiger partial charge is 0.516 e. The molecule has 12 heavy (non-hydrogen) atoms. The van der Waals surface area contributed by atoms with Gasteiger partial charge in [0.2, 0.25) is 0 Å². The van der Waals surface area contributed by atoms with E-state index in [0.717, 1.165) is 0 Å². The monoisotopic (exact) mass is 172 g/mol. The third-order valence-corrected chi connectivity index (χ3v) is 0.856. The number of ether oxygens (including phenoxy) is 2. The molecule has 0 saturated carbocycles. The van der Waals surface area contributed by atoms with Crippen molar-refractivity contribution < 1.29 is 19.1 Å². The molecular weight excluding hydrogens is 160 g/mol. The van der Waals surface area contributed by atoms with Gasteiger partial charge in [-0.1, -0.05) is 6.58 Å². The Labute approximate surface area is 71.2 Å². The third-order valence-electron chi connectivity index (χ3n) is 0.856. The summed E-state index contributed by atoms with van der Waals surface area (Å²) in [5.41, 5.74) is 0.163. The van der Waals surface area contributed by atoms with Crippen LogP contribution in [-0.4, -0.2) is 18.2 Å². The molecule has 0 N–H and O–H groups in total. The summed E-state index contributed by atoms with van der Waals surface area (Å²) < 4.78 is 8.77. The maximum atomic E-state index is 10.7. The Morgan fingerprint density at radius 2 is 1.83 bits per heavy atom. The van der Waals surface area contributed by atoms with Crippen molar-refractivity contribution in [1.29, 1.82) is 0 Å². The van der Waals surface area contributed by atoms with E-state index in [9.17, 15) is 9.59 Å². The Morgan fingerprint density at radius 3 is 2.17 bits per heavy atom. The number of carbonyl (C=O) groups is 2. The van der Waals surface area contributed by atoms with E-state index in [1.165, 1.54) is 6.92 Å². The smallest absolute Gasteiger partial charge is 0.431 e. The van der Waals surface area contributed by atoms with E-state index in [2.05, 4.69) is 16.1 Å². The molecule has 0 fully saturated rings. The molecule has 0 aliphatic heterocycles. The summed E-state index contributed by atoms with van der Waals surface area (Å²) in [5, 5.41) is 0. The molecule has 0 spiro atoms. The van der Waals surface area contributed by atoms with Gasteiger partial charge in [0, 0.05) is 5.57 Å². The molecule has 0 aliphatic rings. The van der Waals surface area contributed by atoms with Crippen molar-refractivity contribution >= 4 is 12.1 Å². The van der Waals surface area contributed by atoms with E-state index in [0.29, 0.717) is 0 Å². The number of hydrogen-bond donors (Lipinski definition) is 0. The minimum absolute atomic E-state index is 0.163. The summed E-state index contributed by atoms with van der Waals surface area (Å²) in [6.07, 6.45) is -1.28. The van der Waals surface area contributed by atoms with Gasteiger partial charge in [0.1, 0.15) is 0 Å². The molecule has 0 bridgehead atoms. The van der Waals surface area contributed by atoms with Crippen molar-refractivity contribution in [2.24, 2.45) is 0 Å². The van der Waals surface area contributed by atoms with Crippen LogP contribution in [0.5, 0.6) is 0 Å². The van der Waals surface area contributed by atoms with Crippen LogP contribution in [0.3, 0.4) is 0 Å². The predicted octanol–water partition coefficient (Wildman–Crippen LogP) is 1.65. The van der Waals surface area contributed by atoms with E-state index >= 15 is 0 Å². The first-order chi connectivity index (χ1) is 5.43. The van der Waals surface area contributed by atoms with Crippen molar-refractivity contribution in [2.45, 2.75) is 26.9 Å². The number of carbonyl (C=O) groups excluding carboxylic acids is 2. The molecule has 68 valence electrons. The maximum absolute atomic E-state index is 10.7. The summed E-state index contributed by atoms with van der Waals surface area (Å²) in [5.74, 6) is -0.763. The lowest BCUT2D eigenvalue weighted by Gasteiger charge is -2.06. The van der Waals surface area contributed by atoms with Crippen molar-refractivity contribution in [3.05, 3.63) is 12.2 Å². The van der Waals surface area contributed by atoms with Crippen LogP contribution in [-0.2, 0) is 14.3 Å². The molecule has 0 aromatic heterocycles. The highest BCUT2D eigenvalue weighted by Crippen LogP contribution is 1.97. The van der Waals surface area contributed by atoms with Gasteiger partial charge in [0.15, 0.2) is 0 Å². The molecule has 0 radical (unpaired) electrons. The summed E-state index contributed by atoms with van der Waals surface area (Å²) >= 11 is 0. The fourth-order valence-corrected chi connectivity index (χ4v) is 0.379. The number of hydrogen-bond acceptors (Lipinski definition) is 4. The first-order valence-corrected chi connectivity index (χ1v) is 3.51. The first kappa shape index (κ1) is 10.7. The van der Waals surface area contributed by atoms with E-state index in [4.69, 9.17) is 0 Å². The molecule has 0 saturated heterocycles. The van der Waals surface area contributed by atoms with Crippen LogP contribution in [0.4, 0.5) is 4.79 Å². The molecule has 0 amide bonds. The van der Waals surface area contributed by atoms with Gasteiger partial charge in [-0.25, -0.2) is 9.59 Å². The van der Waals surface area contributed by atoms with Gasteiger partial charge in [0.05, 0.1) is 6.10 Å². The molecule has 0 aromatic rings. The van der Waals surface area contributed by atoms with Crippen LogP contribution in [0.15, 0.2) is 12.2 Å². The van der Waals surface area contributed by atoms with Crippen LogP contribution in [0, 0.1) is 0 Å². The lowest BCUT2D eigenvalue weighted by molar-refractivity contribution is -0.135. The zero-order valence-electron chi connectivity index (χ0n) is 7.42. The van der Waals surface area contributed by atoms with Crippen LogP contribution in [0.2, 0.25) is 0 Å². The Balaban J connectivity index is 3.85. The molecule has 0 atom stereocenters. The standard InChI is InChI=1S/C8H12O4/c1-5(2)7(9)12-8(10)11-6(3)4/h6H,1H2,2-4H3. The Bertz CT molecular complexity index is 205. The normalized spacial score (nSPS) is 9.33. The fraction of sp³-hybridized carbons (Fsp3) is 0.500. The lowest BCUT2D eigenvalue weighted by Crippen LogP contribution is -2.17. The molecule has 0 aliphatic carbocycles. The van der Waals surface area contributed by atoms with Gasteiger partial charge >= 0.3 is 12.1 Å². The van der Waals surface area contributed by atoms with E-state index in [1.807, 2.05) is 0 Å². The Hall–Kier alpha value is -1.32. The summed E-state index contributed by atoms with van der Waals surface area (Å²) in [7, 11) is 0. The Kier molecular flexibility index (Phi) is 4.04. The minimum Gasteiger partial charge on any atom is -0.431 e. The first-order valence-electron chi connectivity index (χ1n) is 3.51. The average molecular weight is 172 g/mol. The second kappa shape index (κ2) is 4.54. The van der Waals surface area contributed by atoms with E-state index in [-0.39, 0.29) is 11.7 Å². The summed E-state index contributed by atoms with van der Waals surface area (Å²) in [4.78, 5) is 21.4. The Morgan fingerprint density at radius 1 is 1.33 bits per heavy atom. The number of rotatable bonds is 2. The zero-order valence-corrected chi connectivity index (χ0v) is 7.42. The highest BCUT2D eigenvalue weighted by atomic mass is 16.7. The second-order valence-corrected chi connectivity index (χ2v) is 2.59. The molecule has 0 aromatic carbocycles. The van der Waals surface area contributed by atoms with Crippen LogP contribution >= 0.6 is 0 Å². The van der Waals surface area contributed by atoms with Crippen molar-refractivity contribution in [3.63, 3.8) is 0 Å². The maximum Gasteiger partial charge on any atom is 0.516 e. The summed E-state index contributed by atoms with van der Waals surface area (Å²) in [6, 6.07) is 0. The van der Waals surface area contributed by atoms with Gasteiger partial charge in [0.25, 0.3) is 0 Å².